The normalized spacial score (nSPS) is 14.5. The number of carbonyl (C=O) groups excluding carboxylic acids is 1. The molecule has 0 bridgehead atoms. The van der Waals surface area contributed by atoms with Crippen molar-refractivity contribution in [3.05, 3.63) is 58.9 Å². The molecule has 1 aliphatic heterocycles. The second-order valence-electron chi connectivity index (χ2n) is 7.48. The molecule has 2 aromatic carbocycles. The SMILES string of the molecule is CSc1cc2c(cc1NC(=O)c1nn(-c3ccccc3C)c3c1CCC3)OCCO2. The van der Waals surface area contributed by atoms with Crippen LogP contribution < -0.4 is 14.8 Å². The van der Waals surface area contributed by atoms with Gasteiger partial charge in [-0.05, 0) is 50.1 Å². The summed E-state index contributed by atoms with van der Waals surface area (Å²) in [7, 11) is 0. The Bertz CT molecular complexity index is 1140. The van der Waals surface area contributed by atoms with Gasteiger partial charge >= 0.3 is 0 Å². The van der Waals surface area contributed by atoms with Gasteiger partial charge in [0.1, 0.15) is 13.2 Å². The molecule has 0 saturated heterocycles. The largest absolute Gasteiger partial charge is 0.486 e. The number of fused-ring (bicyclic) bond motifs is 2. The summed E-state index contributed by atoms with van der Waals surface area (Å²) in [6.07, 6.45) is 4.83. The summed E-state index contributed by atoms with van der Waals surface area (Å²) < 4.78 is 13.3. The summed E-state index contributed by atoms with van der Waals surface area (Å²) in [5.74, 6) is 1.19. The number of nitrogens with zero attached hydrogens (tertiary/aromatic N) is 2. The van der Waals surface area contributed by atoms with Crippen molar-refractivity contribution >= 4 is 23.4 Å². The Morgan fingerprint density at radius 1 is 1.13 bits per heavy atom. The third-order valence-corrected chi connectivity index (χ3v) is 6.38. The van der Waals surface area contributed by atoms with E-state index in [-0.39, 0.29) is 5.91 Å². The Hall–Kier alpha value is -2.93. The number of thioether (sulfide) groups is 1. The van der Waals surface area contributed by atoms with Crippen molar-refractivity contribution in [1.82, 2.24) is 9.78 Å². The van der Waals surface area contributed by atoms with Crippen molar-refractivity contribution in [2.45, 2.75) is 31.1 Å². The first-order valence-electron chi connectivity index (χ1n) is 10.1. The monoisotopic (exact) mass is 421 g/mol. The smallest absolute Gasteiger partial charge is 0.276 e. The zero-order chi connectivity index (χ0) is 20.7. The van der Waals surface area contributed by atoms with Crippen molar-refractivity contribution < 1.29 is 14.3 Å². The third kappa shape index (κ3) is 3.23. The highest BCUT2D eigenvalue weighted by molar-refractivity contribution is 7.98. The van der Waals surface area contributed by atoms with E-state index in [2.05, 4.69) is 24.4 Å². The fourth-order valence-electron chi connectivity index (χ4n) is 4.14. The number of hydrogen-bond donors (Lipinski definition) is 1. The molecule has 0 radical (unpaired) electrons. The van der Waals surface area contributed by atoms with Gasteiger partial charge in [-0.25, -0.2) is 4.68 Å². The summed E-state index contributed by atoms with van der Waals surface area (Å²) in [5, 5.41) is 7.81. The van der Waals surface area contributed by atoms with Crippen molar-refractivity contribution in [1.29, 1.82) is 0 Å². The number of aromatic nitrogens is 2. The molecule has 2 heterocycles. The Kier molecular flexibility index (Phi) is 4.90. The van der Waals surface area contributed by atoms with Gasteiger partial charge in [-0.15, -0.1) is 11.8 Å². The first-order chi connectivity index (χ1) is 14.7. The number of amides is 1. The Morgan fingerprint density at radius 3 is 2.67 bits per heavy atom. The molecule has 1 amide bonds. The second-order valence-corrected chi connectivity index (χ2v) is 8.32. The fourth-order valence-corrected chi connectivity index (χ4v) is 4.69. The third-order valence-electron chi connectivity index (χ3n) is 5.60. The predicted octanol–water partition coefficient (Wildman–Crippen LogP) is 4.41. The van der Waals surface area contributed by atoms with Gasteiger partial charge in [-0.2, -0.15) is 5.10 Å². The highest BCUT2D eigenvalue weighted by Crippen LogP contribution is 2.39. The zero-order valence-corrected chi connectivity index (χ0v) is 17.8. The van der Waals surface area contributed by atoms with E-state index >= 15 is 0 Å². The molecule has 0 atom stereocenters. The summed E-state index contributed by atoms with van der Waals surface area (Å²) in [4.78, 5) is 14.2. The van der Waals surface area contributed by atoms with Crippen LogP contribution in [-0.4, -0.2) is 35.2 Å². The van der Waals surface area contributed by atoms with Crippen LogP contribution in [0.15, 0.2) is 41.3 Å². The highest BCUT2D eigenvalue weighted by Gasteiger charge is 2.28. The number of nitrogens with one attached hydrogen (secondary N) is 1. The molecule has 2 aliphatic rings. The van der Waals surface area contributed by atoms with E-state index in [1.165, 1.54) is 0 Å². The molecule has 30 heavy (non-hydrogen) atoms. The lowest BCUT2D eigenvalue weighted by Crippen LogP contribution is -2.18. The minimum atomic E-state index is -0.188. The van der Waals surface area contributed by atoms with Crippen molar-refractivity contribution in [2.75, 3.05) is 24.8 Å². The lowest BCUT2D eigenvalue weighted by Gasteiger charge is -2.20. The first kappa shape index (κ1) is 19.1. The zero-order valence-electron chi connectivity index (χ0n) is 17.0. The highest BCUT2D eigenvalue weighted by atomic mass is 32.2. The number of rotatable bonds is 4. The molecule has 7 heteroatoms. The van der Waals surface area contributed by atoms with Crippen LogP contribution in [0.25, 0.3) is 5.69 Å². The average Bonchev–Trinajstić information content (AvgIpc) is 3.36. The number of hydrogen-bond acceptors (Lipinski definition) is 5. The van der Waals surface area contributed by atoms with Crippen molar-refractivity contribution in [3.8, 4) is 17.2 Å². The van der Waals surface area contributed by atoms with Gasteiger partial charge in [0.25, 0.3) is 5.91 Å². The maximum atomic E-state index is 13.3. The number of para-hydroxylation sites is 1. The lowest BCUT2D eigenvalue weighted by atomic mass is 10.1. The molecule has 1 aromatic heterocycles. The number of ether oxygens (including phenoxy) is 2. The van der Waals surface area contributed by atoms with E-state index < -0.39 is 0 Å². The van der Waals surface area contributed by atoms with Crippen LogP contribution in [0.3, 0.4) is 0 Å². The van der Waals surface area contributed by atoms with Crippen LogP contribution in [0.4, 0.5) is 5.69 Å². The van der Waals surface area contributed by atoms with Gasteiger partial charge in [0.2, 0.25) is 0 Å². The molecular weight excluding hydrogens is 398 g/mol. The van der Waals surface area contributed by atoms with E-state index in [1.54, 1.807) is 11.8 Å². The molecule has 0 unspecified atom stereocenters. The van der Waals surface area contributed by atoms with Crippen LogP contribution in [0.1, 0.15) is 33.7 Å². The Balaban J connectivity index is 1.51. The molecule has 1 aliphatic carbocycles. The van der Waals surface area contributed by atoms with E-state index in [9.17, 15) is 4.79 Å². The van der Waals surface area contributed by atoms with Crippen LogP contribution in [0.2, 0.25) is 0 Å². The average molecular weight is 422 g/mol. The molecule has 1 N–H and O–H groups in total. The van der Waals surface area contributed by atoms with Gasteiger partial charge in [-0.1, -0.05) is 18.2 Å². The number of aryl methyl sites for hydroxylation is 1. The van der Waals surface area contributed by atoms with Crippen LogP contribution in [-0.2, 0) is 12.8 Å². The van der Waals surface area contributed by atoms with Crippen LogP contribution in [0.5, 0.6) is 11.5 Å². The van der Waals surface area contributed by atoms with Gasteiger partial charge in [0, 0.05) is 22.2 Å². The fraction of sp³-hybridized carbons (Fsp3) is 0.304. The summed E-state index contributed by atoms with van der Waals surface area (Å²) in [6.45, 7) is 3.11. The Labute approximate surface area is 179 Å². The summed E-state index contributed by atoms with van der Waals surface area (Å²) >= 11 is 1.56. The molecule has 0 saturated carbocycles. The summed E-state index contributed by atoms with van der Waals surface area (Å²) in [6, 6.07) is 11.9. The quantitative estimate of drug-likeness (QED) is 0.632. The van der Waals surface area contributed by atoms with E-state index in [0.717, 1.165) is 46.7 Å². The number of benzene rings is 2. The van der Waals surface area contributed by atoms with E-state index in [0.29, 0.717) is 36.1 Å². The molecule has 6 nitrogen and oxygen atoms in total. The molecular formula is C23H23N3O3S. The van der Waals surface area contributed by atoms with E-state index in [1.807, 2.05) is 35.2 Å². The molecule has 154 valence electrons. The summed E-state index contributed by atoms with van der Waals surface area (Å²) in [5.41, 5.74) is 5.58. The van der Waals surface area contributed by atoms with Crippen LogP contribution >= 0.6 is 11.8 Å². The van der Waals surface area contributed by atoms with Crippen LogP contribution in [0, 0.1) is 6.92 Å². The van der Waals surface area contributed by atoms with Gasteiger partial charge in [0.15, 0.2) is 17.2 Å². The first-order valence-corrected chi connectivity index (χ1v) is 11.3. The van der Waals surface area contributed by atoms with E-state index in [4.69, 9.17) is 14.6 Å². The predicted molar refractivity (Wildman–Crippen MR) is 117 cm³/mol. The minimum absolute atomic E-state index is 0.188. The molecule has 0 spiro atoms. The van der Waals surface area contributed by atoms with Crippen molar-refractivity contribution in [2.24, 2.45) is 0 Å². The standard InChI is InChI=1S/C23H23N3O3S/c1-14-6-3-4-8-17(14)26-18-9-5-7-15(18)22(25-26)23(27)24-16-12-19-20(13-21(16)30-2)29-11-10-28-19/h3-4,6,8,12-13H,5,7,9-11H2,1-2H3,(H,24,27). The number of carbonyl (C=O) groups is 1. The van der Waals surface area contributed by atoms with Gasteiger partial charge in [0.05, 0.1) is 11.4 Å². The lowest BCUT2D eigenvalue weighted by molar-refractivity contribution is 0.102. The van der Waals surface area contributed by atoms with Gasteiger partial charge < -0.3 is 14.8 Å². The van der Waals surface area contributed by atoms with Crippen molar-refractivity contribution in [3.63, 3.8) is 0 Å². The molecule has 0 fully saturated rings. The maximum absolute atomic E-state index is 13.3. The minimum Gasteiger partial charge on any atom is -0.486 e. The topological polar surface area (TPSA) is 65.4 Å². The molecule has 5 rings (SSSR count). The number of anilines is 1. The second kappa shape index (κ2) is 7.72. The van der Waals surface area contributed by atoms with Gasteiger partial charge in [-0.3, -0.25) is 4.79 Å². The maximum Gasteiger partial charge on any atom is 0.276 e. The Morgan fingerprint density at radius 2 is 1.90 bits per heavy atom. The molecule has 3 aromatic rings.